The summed E-state index contributed by atoms with van der Waals surface area (Å²) in [5, 5.41) is 0. The Bertz CT molecular complexity index is 110. The zero-order valence-electron chi connectivity index (χ0n) is 6.55. The van der Waals surface area contributed by atoms with E-state index in [2.05, 4.69) is 6.92 Å². The van der Waals surface area contributed by atoms with Crippen molar-refractivity contribution in [3.05, 3.63) is 0 Å². The van der Waals surface area contributed by atoms with Gasteiger partial charge in [0.25, 0.3) is 0 Å². The Morgan fingerprint density at radius 1 is 1.60 bits per heavy atom. The summed E-state index contributed by atoms with van der Waals surface area (Å²) in [7, 11) is 0. The molecule has 0 bridgehead atoms. The highest BCUT2D eigenvalue weighted by atomic mass is 16.1. The quantitative estimate of drug-likeness (QED) is 0.542. The number of hydrogen-bond acceptors (Lipinski definition) is 1. The summed E-state index contributed by atoms with van der Waals surface area (Å²) >= 11 is 0. The molecule has 2 heteroatoms. The molecule has 0 N–H and O–H groups in total. The third-order valence-corrected chi connectivity index (χ3v) is 2.16. The van der Waals surface area contributed by atoms with Crippen molar-refractivity contribution in [3.8, 4) is 0 Å². The van der Waals surface area contributed by atoms with Crippen molar-refractivity contribution < 1.29 is 4.79 Å². The second kappa shape index (κ2) is 3.59. The van der Waals surface area contributed by atoms with E-state index in [1.54, 1.807) is 0 Å². The van der Waals surface area contributed by atoms with Crippen LogP contribution in [0.5, 0.6) is 0 Å². The van der Waals surface area contributed by atoms with E-state index in [1.165, 1.54) is 19.3 Å². The largest absolute Gasteiger partial charge is 0.342 e. The highest BCUT2D eigenvalue weighted by Crippen LogP contribution is 2.23. The second-order valence-electron chi connectivity index (χ2n) is 2.93. The number of hydrogen-bond donors (Lipinski definition) is 0. The van der Waals surface area contributed by atoms with Crippen molar-refractivity contribution in [1.82, 2.24) is 4.90 Å². The van der Waals surface area contributed by atoms with E-state index in [0.717, 1.165) is 19.4 Å². The van der Waals surface area contributed by atoms with Crippen LogP contribution in [0.2, 0.25) is 0 Å². The van der Waals surface area contributed by atoms with E-state index in [4.69, 9.17) is 0 Å². The minimum absolute atomic E-state index is 0.581. The lowest BCUT2D eigenvalue weighted by molar-refractivity contribution is -0.121. The number of rotatable bonds is 4. The average molecular weight is 141 g/mol. The van der Waals surface area contributed by atoms with Gasteiger partial charge in [-0.15, -0.1) is 0 Å². The van der Waals surface area contributed by atoms with E-state index in [1.807, 2.05) is 4.90 Å². The van der Waals surface area contributed by atoms with Crippen molar-refractivity contribution in [2.45, 2.75) is 38.6 Å². The Morgan fingerprint density at radius 2 is 2.30 bits per heavy atom. The van der Waals surface area contributed by atoms with Gasteiger partial charge in [-0.25, -0.2) is 0 Å². The van der Waals surface area contributed by atoms with Crippen LogP contribution in [0.25, 0.3) is 0 Å². The van der Waals surface area contributed by atoms with Gasteiger partial charge in [0.05, 0.1) is 0 Å². The minimum atomic E-state index is 0.581. The summed E-state index contributed by atoms with van der Waals surface area (Å²) in [6.07, 6.45) is 5.82. The molecule has 10 heavy (non-hydrogen) atoms. The van der Waals surface area contributed by atoms with E-state index in [-0.39, 0.29) is 0 Å². The lowest BCUT2D eigenvalue weighted by atomic mass is 9.92. The van der Waals surface area contributed by atoms with Gasteiger partial charge in [0, 0.05) is 12.6 Å². The van der Waals surface area contributed by atoms with Gasteiger partial charge < -0.3 is 4.90 Å². The van der Waals surface area contributed by atoms with E-state index >= 15 is 0 Å². The first-order valence-corrected chi connectivity index (χ1v) is 4.09. The maximum absolute atomic E-state index is 10.5. The molecule has 0 unspecified atom stereocenters. The number of amides is 1. The minimum Gasteiger partial charge on any atom is -0.342 e. The molecule has 2 nitrogen and oxygen atoms in total. The Balaban J connectivity index is 2.24. The van der Waals surface area contributed by atoms with Crippen LogP contribution < -0.4 is 0 Å². The number of carbonyl (C=O) groups is 1. The lowest BCUT2D eigenvalue weighted by Gasteiger charge is -2.34. The van der Waals surface area contributed by atoms with E-state index < -0.39 is 0 Å². The fraction of sp³-hybridized carbons (Fsp3) is 0.875. The van der Waals surface area contributed by atoms with Crippen LogP contribution in [0.15, 0.2) is 0 Å². The van der Waals surface area contributed by atoms with Gasteiger partial charge in [-0.05, 0) is 25.7 Å². The Morgan fingerprint density at radius 3 is 2.60 bits per heavy atom. The summed E-state index contributed by atoms with van der Waals surface area (Å²) in [4.78, 5) is 12.4. The first-order chi connectivity index (χ1) is 4.88. The molecule has 0 atom stereocenters. The fourth-order valence-corrected chi connectivity index (χ4v) is 1.30. The highest BCUT2D eigenvalue weighted by Gasteiger charge is 2.22. The molecular formula is C8H15NO. The molecule has 0 saturated heterocycles. The first-order valence-electron chi connectivity index (χ1n) is 4.09. The average Bonchev–Trinajstić information content (AvgIpc) is 1.83. The van der Waals surface area contributed by atoms with Gasteiger partial charge in [0.15, 0.2) is 0 Å². The van der Waals surface area contributed by atoms with Gasteiger partial charge in [-0.1, -0.05) is 6.92 Å². The Hall–Kier alpha value is -0.530. The molecule has 0 aromatic carbocycles. The van der Waals surface area contributed by atoms with Crippen LogP contribution in [0.1, 0.15) is 32.6 Å². The Labute approximate surface area is 62.2 Å². The predicted octanol–water partition coefficient (Wildman–Crippen LogP) is 1.41. The fourth-order valence-electron chi connectivity index (χ4n) is 1.30. The molecule has 1 aliphatic carbocycles. The monoisotopic (exact) mass is 141 g/mol. The molecule has 58 valence electrons. The molecule has 1 aliphatic rings. The van der Waals surface area contributed by atoms with Crippen LogP contribution >= 0.6 is 0 Å². The lowest BCUT2D eigenvalue weighted by Crippen LogP contribution is -2.39. The van der Waals surface area contributed by atoms with Crippen LogP contribution in [0.4, 0.5) is 0 Å². The zero-order chi connectivity index (χ0) is 7.40. The summed E-state index contributed by atoms with van der Waals surface area (Å²) < 4.78 is 0. The third-order valence-electron chi connectivity index (χ3n) is 2.16. The normalized spacial score (nSPS) is 18.1. The first kappa shape index (κ1) is 7.58. The molecule has 0 aliphatic heterocycles. The van der Waals surface area contributed by atoms with Crippen LogP contribution in [-0.4, -0.2) is 23.9 Å². The molecule has 0 spiro atoms. The van der Waals surface area contributed by atoms with Crippen LogP contribution in [-0.2, 0) is 4.79 Å². The molecule has 1 rings (SSSR count). The molecule has 0 heterocycles. The maximum Gasteiger partial charge on any atom is 0.209 e. The summed E-state index contributed by atoms with van der Waals surface area (Å²) in [5.41, 5.74) is 0. The SMILES string of the molecule is CCCN(C=O)C1CCC1. The summed E-state index contributed by atoms with van der Waals surface area (Å²) in [6.45, 7) is 3.04. The van der Waals surface area contributed by atoms with Gasteiger partial charge in [0.2, 0.25) is 6.41 Å². The van der Waals surface area contributed by atoms with Crippen LogP contribution in [0, 0.1) is 0 Å². The molecule has 1 saturated carbocycles. The van der Waals surface area contributed by atoms with E-state index in [0.29, 0.717) is 6.04 Å². The Kier molecular flexibility index (Phi) is 2.72. The topological polar surface area (TPSA) is 20.3 Å². The smallest absolute Gasteiger partial charge is 0.209 e. The number of carbonyl (C=O) groups excluding carboxylic acids is 1. The molecule has 0 aromatic heterocycles. The summed E-state index contributed by atoms with van der Waals surface area (Å²) in [5.74, 6) is 0. The molecule has 1 amide bonds. The molecule has 1 fully saturated rings. The third kappa shape index (κ3) is 1.49. The van der Waals surface area contributed by atoms with Crippen molar-refractivity contribution >= 4 is 6.41 Å². The standard InChI is InChI=1S/C8H15NO/c1-2-6-9(7-10)8-4-3-5-8/h7-8H,2-6H2,1H3. The van der Waals surface area contributed by atoms with Crippen LogP contribution in [0.3, 0.4) is 0 Å². The predicted molar refractivity (Wildman–Crippen MR) is 40.7 cm³/mol. The van der Waals surface area contributed by atoms with E-state index in [9.17, 15) is 4.79 Å². The van der Waals surface area contributed by atoms with Crippen molar-refractivity contribution in [3.63, 3.8) is 0 Å². The van der Waals surface area contributed by atoms with Gasteiger partial charge in [-0.2, -0.15) is 0 Å². The number of nitrogens with zero attached hydrogens (tertiary/aromatic N) is 1. The van der Waals surface area contributed by atoms with Crippen molar-refractivity contribution in [1.29, 1.82) is 0 Å². The maximum atomic E-state index is 10.5. The van der Waals surface area contributed by atoms with Crippen molar-refractivity contribution in [2.24, 2.45) is 0 Å². The van der Waals surface area contributed by atoms with Gasteiger partial charge in [-0.3, -0.25) is 4.79 Å². The molecule has 0 aromatic rings. The van der Waals surface area contributed by atoms with Gasteiger partial charge in [0.1, 0.15) is 0 Å². The highest BCUT2D eigenvalue weighted by molar-refractivity contribution is 5.47. The molecule has 0 radical (unpaired) electrons. The van der Waals surface area contributed by atoms with Gasteiger partial charge >= 0.3 is 0 Å². The zero-order valence-corrected chi connectivity index (χ0v) is 6.55. The van der Waals surface area contributed by atoms with Crippen molar-refractivity contribution in [2.75, 3.05) is 6.54 Å². The second-order valence-corrected chi connectivity index (χ2v) is 2.93. The molecular weight excluding hydrogens is 126 g/mol. The summed E-state index contributed by atoms with van der Waals surface area (Å²) in [6, 6.07) is 0.581.